The van der Waals surface area contributed by atoms with E-state index in [0.717, 1.165) is 9.50 Å². The molecule has 0 N–H and O–H groups in total. The Balaban J connectivity index is 2.17. The van der Waals surface area contributed by atoms with Gasteiger partial charge in [-0.15, -0.1) is 0 Å². The van der Waals surface area contributed by atoms with E-state index in [1.54, 1.807) is 0 Å². The lowest BCUT2D eigenvalue weighted by atomic mass is 10.3. The normalized spacial score (nSPS) is 10.8. The maximum atomic E-state index is 6.09. The number of hydrogen-bond donors (Lipinski definition) is 0. The minimum Gasteiger partial charge on any atom is -0.0843 e. The number of rotatable bonds is 3. The summed E-state index contributed by atoms with van der Waals surface area (Å²) < 4.78 is 1.06. The highest BCUT2D eigenvalue weighted by Crippen LogP contribution is 2.36. The lowest BCUT2D eigenvalue weighted by Gasteiger charge is -2.20. The highest BCUT2D eigenvalue weighted by molar-refractivity contribution is 9.10. The van der Waals surface area contributed by atoms with Gasteiger partial charge < -0.3 is 0 Å². The number of halogens is 2. The average molecular weight is 376 g/mol. The first-order chi connectivity index (χ1) is 10.3. The van der Waals surface area contributed by atoms with Crippen molar-refractivity contribution in [1.29, 1.82) is 0 Å². The molecule has 0 bridgehead atoms. The maximum Gasteiger partial charge on any atom is 0.0417 e. The van der Waals surface area contributed by atoms with Gasteiger partial charge in [-0.3, -0.25) is 0 Å². The Morgan fingerprint density at radius 2 is 1.24 bits per heavy atom. The van der Waals surface area contributed by atoms with E-state index in [1.807, 2.05) is 12.1 Å². The topological polar surface area (TPSA) is 0 Å². The van der Waals surface area contributed by atoms with Crippen molar-refractivity contribution in [2.75, 3.05) is 0 Å². The maximum absolute atomic E-state index is 6.09. The van der Waals surface area contributed by atoms with Crippen molar-refractivity contribution >= 4 is 51.4 Å². The van der Waals surface area contributed by atoms with Gasteiger partial charge in [-0.2, -0.15) is 0 Å². The second-order valence-electron chi connectivity index (χ2n) is 4.60. The van der Waals surface area contributed by atoms with Gasteiger partial charge in [0.2, 0.25) is 0 Å². The van der Waals surface area contributed by atoms with Crippen LogP contribution in [0.2, 0.25) is 5.02 Å². The minimum atomic E-state index is -0.585. The third-order valence-electron chi connectivity index (χ3n) is 3.18. The van der Waals surface area contributed by atoms with Gasteiger partial charge in [-0.05, 0) is 36.0 Å². The average Bonchev–Trinajstić information content (AvgIpc) is 2.52. The van der Waals surface area contributed by atoms with Crippen LogP contribution in [-0.4, -0.2) is 0 Å². The molecule has 0 nitrogen and oxygen atoms in total. The van der Waals surface area contributed by atoms with Crippen molar-refractivity contribution in [3.05, 3.63) is 88.4 Å². The standard InChI is InChI=1S/C18H13BrClP/c19-17-13-14(20)11-12-18(17)21(15-7-3-1-4-8-15)16-9-5-2-6-10-16/h1-13H. The monoisotopic (exact) mass is 374 g/mol. The Morgan fingerprint density at radius 3 is 1.71 bits per heavy atom. The molecule has 0 saturated carbocycles. The summed E-state index contributed by atoms with van der Waals surface area (Å²) in [5.41, 5.74) is 0. The van der Waals surface area contributed by atoms with Crippen LogP contribution < -0.4 is 15.9 Å². The summed E-state index contributed by atoms with van der Waals surface area (Å²) in [6.07, 6.45) is 0. The quantitative estimate of drug-likeness (QED) is 0.574. The molecule has 0 amide bonds. The van der Waals surface area contributed by atoms with Crippen LogP contribution >= 0.6 is 35.5 Å². The number of benzene rings is 3. The van der Waals surface area contributed by atoms with Crippen LogP contribution in [0.25, 0.3) is 0 Å². The molecule has 0 aliphatic carbocycles. The fraction of sp³-hybridized carbons (Fsp3) is 0. The Bertz CT molecular complexity index is 689. The molecule has 3 heteroatoms. The predicted molar refractivity (Wildman–Crippen MR) is 97.9 cm³/mol. The molecule has 0 unspecified atom stereocenters. The van der Waals surface area contributed by atoms with Gasteiger partial charge in [0.05, 0.1) is 0 Å². The molecule has 3 rings (SSSR count). The lowest BCUT2D eigenvalue weighted by Crippen LogP contribution is -2.21. The number of hydrogen-bond acceptors (Lipinski definition) is 0. The molecule has 0 radical (unpaired) electrons. The molecule has 0 heterocycles. The SMILES string of the molecule is Clc1ccc(P(c2ccccc2)c2ccccc2)c(Br)c1. The molecule has 0 aromatic heterocycles. The van der Waals surface area contributed by atoms with Crippen LogP contribution in [0, 0.1) is 0 Å². The van der Waals surface area contributed by atoms with Crippen molar-refractivity contribution in [1.82, 2.24) is 0 Å². The van der Waals surface area contributed by atoms with E-state index in [9.17, 15) is 0 Å². The van der Waals surface area contributed by atoms with Gasteiger partial charge in [0.25, 0.3) is 0 Å². The van der Waals surface area contributed by atoms with Crippen LogP contribution in [0.5, 0.6) is 0 Å². The van der Waals surface area contributed by atoms with E-state index < -0.39 is 7.92 Å². The lowest BCUT2D eigenvalue weighted by molar-refractivity contribution is 1.70. The van der Waals surface area contributed by atoms with Crippen LogP contribution in [0.3, 0.4) is 0 Å². The molecule has 3 aromatic carbocycles. The summed E-state index contributed by atoms with van der Waals surface area (Å²) >= 11 is 9.76. The fourth-order valence-corrected chi connectivity index (χ4v) is 5.76. The summed E-state index contributed by atoms with van der Waals surface area (Å²) in [4.78, 5) is 0. The minimum absolute atomic E-state index is 0.585. The zero-order valence-electron chi connectivity index (χ0n) is 11.2. The fourth-order valence-electron chi connectivity index (χ4n) is 2.24. The highest BCUT2D eigenvalue weighted by Gasteiger charge is 2.18. The smallest absolute Gasteiger partial charge is 0.0417 e. The van der Waals surface area contributed by atoms with Gasteiger partial charge in [-0.1, -0.05) is 94.3 Å². The van der Waals surface area contributed by atoms with E-state index in [2.05, 4.69) is 82.7 Å². The Morgan fingerprint density at radius 1 is 0.714 bits per heavy atom. The van der Waals surface area contributed by atoms with Gasteiger partial charge >= 0.3 is 0 Å². The molecular weight excluding hydrogens is 363 g/mol. The van der Waals surface area contributed by atoms with Crippen LogP contribution in [-0.2, 0) is 0 Å². The summed E-state index contributed by atoms with van der Waals surface area (Å²) in [5, 5.41) is 4.71. The zero-order chi connectivity index (χ0) is 14.7. The molecule has 0 saturated heterocycles. The zero-order valence-corrected chi connectivity index (χ0v) is 14.4. The molecule has 0 aliphatic rings. The second kappa shape index (κ2) is 6.75. The van der Waals surface area contributed by atoms with E-state index in [4.69, 9.17) is 11.6 Å². The third kappa shape index (κ3) is 3.37. The second-order valence-corrected chi connectivity index (χ2v) is 8.08. The van der Waals surface area contributed by atoms with Crippen molar-refractivity contribution < 1.29 is 0 Å². The van der Waals surface area contributed by atoms with Gasteiger partial charge in [0.1, 0.15) is 0 Å². The third-order valence-corrected chi connectivity index (χ3v) is 6.88. The van der Waals surface area contributed by atoms with Crippen molar-refractivity contribution in [2.45, 2.75) is 0 Å². The molecule has 21 heavy (non-hydrogen) atoms. The molecule has 3 aromatic rings. The van der Waals surface area contributed by atoms with E-state index >= 15 is 0 Å². The molecule has 0 atom stereocenters. The van der Waals surface area contributed by atoms with E-state index in [-0.39, 0.29) is 0 Å². The van der Waals surface area contributed by atoms with E-state index in [1.165, 1.54) is 15.9 Å². The Labute approximate surface area is 139 Å². The molecule has 0 spiro atoms. The molecule has 104 valence electrons. The van der Waals surface area contributed by atoms with Crippen LogP contribution in [0.15, 0.2) is 83.3 Å². The first kappa shape index (κ1) is 14.8. The highest BCUT2D eigenvalue weighted by atomic mass is 79.9. The first-order valence-corrected chi connectivity index (χ1v) is 9.12. The van der Waals surface area contributed by atoms with Gasteiger partial charge in [0.15, 0.2) is 0 Å². The Hall–Kier alpha value is -1.14. The van der Waals surface area contributed by atoms with Gasteiger partial charge in [-0.25, -0.2) is 0 Å². The summed E-state index contributed by atoms with van der Waals surface area (Å²) in [5.74, 6) is 0. The van der Waals surface area contributed by atoms with Crippen molar-refractivity contribution in [3.63, 3.8) is 0 Å². The summed E-state index contributed by atoms with van der Waals surface area (Å²) in [6, 6.07) is 27.3. The van der Waals surface area contributed by atoms with E-state index in [0.29, 0.717) is 0 Å². The van der Waals surface area contributed by atoms with Crippen LogP contribution in [0.1, 0.15) is 0 Å². The van der Waals surface area contributed by atoms with Crippen molar-refractivity contribution in [3.8, 4) is 0 Å². The summed E-state index contributed by atoms with van der Waals surface area (Å²) in [7, 11) is -0.585. The molecule has 0 fully saturated rings. The molecular formula is C18H13BrClP. The van der Waals surface area contributed by atoms with Gasteiger partial charge in [0, 0.05) is 9.50 Å². The first-order valence-electron chi connectivity index (χ1n) is 6.61. The van der Waals surface area contributed by atoms with Crippen molar-refractivity contribution in [2.24, 2.45) is 0 Å². The largest absolute Gasteiger partial charge is 0.0843 e. The molecule has 0 aliphatic heterocycles. The summed E-state index contributed by atoms with van der Waals surface area (Å²) in [6.45, 7) is 0. The Kier molecular flexibility index (Phi) is 4.75. The predicted octanol–water partition coefficient (Wildman–Crippen LogP) is 4.86. The van der Waals surface area contributed by atoms with Crippen LogP contribution in [0.4, 0.5) is 0 Å².